The van der Waals surface area contributed by atoms with Gasteiger partial charge in [-0.15, -0.1) is 0 Å². The van der Waals surface area contributed by atoms with Crippen LogP contribution >= 0.6 is 0 Å². The van der Waals surface area contributed by atoms with Gasteiger partial charge in [0, 0.05) is 47.1 Å². The highest BCUT2D eigenvalue weighted by atomic mass is 16.5. The Balaban J connectivity index is 1.50. The molecule has 1 spiro atoms. The van der Waals surface area contributed by atoms with Gasteiger partial charge in [0.2, 0.25) is 0 Å². The van der Waals surface area contributed by atoms with E-state index in [1.807, 2.05) is 0 Å². The maximum absolute atomic E-state index is 5.48. The molecule has 3 heteroatoms. The van der Waals surface area contributed by atoms with Gasteiger partial charge >= 0.3 is 0 Å². The third kappa shape index (κ3) is 1.37. The summed E-state index contributed by atoms with van der Waals surface area (Å²) < 4.78 is 5.48. The summed E-state index contributed by atoms with van der Waals surface area (Å²) in [5, 5.41) is 1.40. The summed E-state index contributed by atoms with van der Waals surface area (Å²) in [4.78, 5) is 6.65. The van der Waals surface area contributed by atoms with E-state index in [2.05, 4.69) is 35.0 Å². The molecule has 6 rings (SSSR count). The maximum atomic E-state index is 5.48. The summed E-state index contributed by atoms with van der Waals surface area (Å²) in [6.07, 6.45) is 5.46. The lowest BCUT2D eigenvalue weighted by molar-refractivity contribution is -0.181. The average molecular weight is 322 g/mol. The Morgan fingerprint density at radius 3 is 3.08 bits per heavy atom. The number of nitrogens with zero attached hydrogens (tertiary/aromatic N) is 1. The topological polar surface area (TPSA) is 28.3 Å². The van der Waals surface area contributed by atoms with Gasteiger partial charge in [-0.2, -0.15) is 0 Å². The Bertz CT molecular complexity index is 840. The van der Waals surface area contributed by atoms with Crippen LogP contribution in [0.2, 0.25) is 0 Å². The Labute approximate surface area is 143 Å². The van der Waals surface area contributed by atoms with Crippen LogP contribution < -0.4 is 4.74 Å². The minimum Gasteiger partial charge on any atom is -0.497 e. The second kappa shape index (κ2) is 4.37. The van der Waals surface area contributed by atoms with E-state index in [4.69, 9.17) is 4.74 Å². The average Bonchev–Trinajstić information content (AvgIpc) is 2.97. The Kier molecular flexibility index (Phi) is 2.51. The number of nitrogens with one attached hydrogen (secondary N) is 1. The minimum absolute atomic E-state index is 0.677. The number of aromatic nitrogens is 1. The van der Waals surface area contributed by atoms with E-state index >= 15 is 0 Å². The van der Waals surface area contributed by atoms with Gasteiger partial charge in [0.1, 0.15) is 5.75 Å². The number of methoxy groups -OCH3 is 1. The van der Waals surface area contributed by atoms with E-state index in [1.165, 1.54) is 49.7 Å². The van der Waals surface area contributed by atoms with Crippen molar-refractivity contribution in [3.63, 3.8) is 0 Å². The van der Waals surface area contributed by atoms with Crippen molar-refractivity contribution in [3.8, 4) is 5.75 Å². The molecule has 2 aromatic rings. The summed E-state index contributed by atoms with van der Waals surface area (Å²) in [6, 6.07) is 7.34. The Hall–Kier alpha value is -1.48. The fraction of sp³-hybridized carbons (Fsp3) is 0.619. The van der Waals surface area contributed by atoms with Crippen molar-refractivity contribution in [2.75, 3.05) is 20.2 Å². The Morgan fingerprint density at radius 2 is 2.25 bits per heavy atom. The number of ether oxygens (including phenoxy) is 1. The second-order valence-corrected chi connectivity index (χ2v) is 8.59. The normalized spacial score (nSPS) is 39.4. The Morgan fingerprint density at radius 1 is 1.33 bits per heavy atom. The molecule has 5 atom stereocenters. The predicted molar refractivity (Wildman–Crippen MR) is 95.6 cm³/mol. The molecule has 3 fully saturated rings. The van der Waals surface area contributed by atoms with Crippen molar-refractivity contribution < 1.29 is 4.74 Å². The third-order valence-electron chi connectivity index (χ3n) is 8.09. The van der Waals surface area contributed by atoms with E-state index in [0.717, 1.165) is 29.5 Å². The molecule has 1 aromatic carbocycles. The van der Waals surface area contributed by atoms with Crippen molar-refractivity contribution in [2.24, 2.45) is 17.3 Å². The summed E-state index contributed by atoms with van der Waals surface area (Å²) in [5.74, 6) is 3.68. The number of benzene rings is 1. The standard InChI is InChI=1S/C21H26N2O/c1-3-12-8-13-9-17-19-15(6-7-23-11-21(12,13)20(17)23)16-10-14(24-2)4-5-18(16)22-19/h4-5,10,12-13,17,20,22H,3,6-9,11H2,1-2H3/t12-,13+,17-,20+,21?/m0/s1. The molecule has 0 bridgehead atoms. The van der Waals surface area contributed by atoms with Crippen LogP contribution in [0.25, 0.3) is 10.9 Å². The molecule has 126 valence electrons. The highest BCUT2D eigenvalue weighted by molar-refractivity contribution is 5.86. The monoisotopic (exact) mass is 322 g/mol. The van der Waals surface area contributed by atoms with Crippen LogP contribution in [0.4, 0.5) is 0 Å². The number of hydrogen-bond acceptors (Lipinski definition) is 2. The number of hydrogen-bond donors (Lipinski definition) is 1. The molecule has 1 saturated heterocycles. The smallest absolute Gasteiger partial charge is 0.119 e. The van der Waals surface area contributed by atoms with Crippen LogP contribution in [0.15, 0.2) is 18.2 Å². The van der Waals surface area contributed by atoms with Gasteiger partial charge in [-0.05, 0) is 54.9 Å². The van der Waals surface area contributed by atoms with Gasteiger partial charge in [-0.1, -0.05) is 13.3 Å². The third-order valence-corrected chi connectivity index (χ3v) is 8.09. The molecule has 2 aliphatic heterocycles. The lowest BCUT2D eigenvalue weighted by Crippen LogP contribution is -2.72. The SMILES string of the molecule is CC[C@H]1C[C@@H]2C[C@H]3c4[nH]c5ccc(OC)cc5c4CCN4CC21[C@@H]34. The van der Waals surface area contributed by atoms with Crippen molar-refractivity contribution in [1.82, 2.24) is 9.88 Å². The van der Waals surface area contributed by atoms with Crippen LogP contribution in [0.1, 0.15) is 43.4 Å². The van der Waals surface area contributed by atoms with Gasteiger partial charge in [0.15, 0.2) is 0 Å². The van der Waals surface area contributed by atoms with Gasteiger partial charge in [-0.3, -0.25) is 4.90 Å². The molecule has 3 nitrogen and oxygen atoms in total. The zero-order chi connectivity index (χ0) is 16.1. The molecule has 1 aromatic heterocycles. The first-order valence-electron chi connectivity index (χ1n) is 9.68. The molecule has 3 heterocycles. The summed E-state index contributed by atoms with van der Waals surface area (Å²) in [6.45, 7) is 5.02. The number of rotatable bonds is 2. The summed E-state index contributed by atoms with van der Waals surface area (Å²) in [7, 11) is 1.77. The molecule has 0 amide bonds. The van der Waals surface area contributed by atoms with Gasteiger partial charge in [0.25, 0.3) is 0 Å². The van der Waals surface area contributed by atoms with Crippen LogP contribution in [-0.2, 0) is 6.42 Å². The van der Waals surface area contributed by atoms with Crippen molar-refractivity contribution in [3.05, 3.63) is 29.5 Å². The van der Waals surface area contributed by atoms with E-state index in [-0.39, 0.29) is 0 Å². The van der Waals surface area contributed by atoms with Crippen LogP contribution in [0, 0.1) is 17.3 Å². The van der Waals surface area contributed by atoms with Gasteiger partial charge in [-0.25, -0.2) is 0 Å². The van der Waals surface area contributed by atoms with Gasteiger partial charge < -0.3 is 9.72 Å². The number of aromatic amines is 1. The number of H-pyrrole nitrogens is 1. The quantitative estimate of drug-likeness (QED) is 0.907. The van der Waals surface area contributed by atoms with E-state index in [9.17, 15) is 0 Å². The summed E-state index contributed by atoms with van der Waals surface area (Å²) >= 11 is 0. The molecule has 4 aliphatic rings. The van der Waals surface area contributed by atoms with Crippen LogP contribution in [0.5, 0.6) is 5.75 Å². The largest absolute Gasteiger partial charge is 0.497 e. The molecule has 0 radical (unpaired) electrons. The first-order chi connectivity index (χ1) is 11.8. The molecule has 1 N–H and O–H groups in total. The molecule has 2 aliphatic carbocycles. The molecular weight excluding hydrogens is 296 g/mol. The maximum Gasteiger partial charge on any atom is 0.119 e. The summed E-state index contributed by atoms with van der Waals surface area (Å²) in [5.41, 5.74) is 5.12. The molecule has 24 heavy (non-hydrogen) atoms. The van der Waals surface area contributed by atoms with Crippen molar-refractivity contribution in [2.45, 2.75) is 44.6 Å². The highest BCUT2D eigenvalue weighted by Gasteiger charge is 2.72. The van der Waals surface area contributed by atoms with E-state index in [1.54, 1.807) is 18.4 Å². The zero-order valence-electron chi connectivity index (χ0n) is 14.6. The molecule has 2 saturated carbocycles. The van der Waals surface area contributed by atoms with Crippen LogP contribution in [-0.4, -0.2) is 36.1 Å². The minimum atomic E-state index is 0.677. The number of fused-ring (bicyclic) bond motifs is 4. The zero-order valence-corrected chi connectivity index (χ0v) is 14.6. The highest BCUT2D eigenvalue weighted by Crippen LogP contribution is 2.72. The predicted octanol–water partition coefficient (Wildman–Crippen LogP) is 3.94. The molecule has 1 unspecified atom stereocenters. The fourth-order valence-electron chi connectivity index (χ4n) is 7.10. The van der Waals surface area contributed by atoms with E-state index < -0.39 is 0 Å². The van der Waals surface area contributed by atoms with E-state index in [0.29, 0.717) is 5.41 Å². The van der Waals surface area contributed by atoms with Gasteiger partial charge in [0.05, 0.1) is 7.11 Å². The second-order valence-electron chi connectivity index (χ2n) is 8.59. The van der Waals surface area contributed by atoms with Crippen molar-refractivity contribution in [1.29, 1.82) is 0 Å². The lowest BCUT2D eigenvalue weighted by atomic mass is 9.48. The lowest BCUT2D eigenvalue weighted by Gasteiger charge is -2.67. The van der Waals surface area contributed by atoms with Crippen molar-refractivity contribution >= 4 is 10.9 Å². The first kappa shape index (κ1) is 13.8. The molecular formula is C21H26N2O. The first-order valence-corrected chi connectivity index (χ1v) is 9.68. The van der Waals surface area contributed by atoms with Crippen LogP contribution in [0.3, 0.4) is 0 Å². The fourth-order valence-corrected chi connectivity index (χ4v) is 7.10.